The number of nitrogens with zero attached hydrogens (tertiary/aromatic N) is 2. The monoisotopic (exact) mass is 286 g/mol. The van der Waals surface area contributed by atoms with Gasteiger partial charge in [-0.25, -0.2) is 0 Å². The van der Waals surface area contributed by atoms with Crippen molar-refractivity contribution in [2.45, 2.75) is 25.8 Å². The number of aryl methyl sites for hydroxylation is 1. The van der Waals surface area contributed by atoms with Gasteiger partial charge in [-0.2, -0.15) is 0 Å². The standard InChI is InChI=1S/C14H14N4O3/c1-8-17-18-14(21-8)9-2-4-10(5-3-9)15-13(20)11-6-7-12(19)16-11/h2-5,11H,6-7H2,1H3,(H,15,20)(H,16,19). The van der Waals surface area contributed by atoms with E-state index in [1.54, 1.807) is 31.2 Å². The first-order chi connectivity index (χ1) is 10.1. The molecule has 0 radical (unpaired) electrons. The van der Waals surface area contributed by atoms with E-state index in [4.69, 9.17) is 4.42 Å². The van der Waals surface area contributed by atoms with Crippen LogP contribution in [0.25, 0.3) is 11.5 Å². The molecule has 0 aliphatic carbocycles. The predicted octanol–water partition coefficient (Wildman–Crippen LogP) is 1.26. The molecular weight excluding hydrogens is 272 g/mol. The Labute approximate surface area is 120 Å². The fraction of sp³-hybridized carbons (Fsp3) is 0.286. The van der Waals surface area contributed by atoms with Gasteiger partial charge in [0.1, 0.15) is 6.04 Å². The maximum absolute atomic E-state index is 12.0. The molecule has 0 spiro atoms. The number of amides is 2. The van der Waals surface area contributed by atoms with Gasteiger partial charge in [0.15, 0.2) is 0 Å². The first-order valence-electron chi connectivity index (χ1n) is 6.62. The molecule has 21 heavy (non-hydrogen) atoms. The van der Waals surface area contributed by atoms with Gasteiger partial charge < -0.3 is 15.1 Å². The molecule has 1 aromatic heterocycles. The molecule has 2 amide bonds. The highest BCUT2D eigenvalue weighted by Crippen LogP contribution is 2.20. The van der Waals surface area contributed by atoms with Crippen molar-refractivity contribution in [1.82, 2.24) is 15.5 Å². The molecule has 7 nitrogen and oxygen atoms in total. The topological polar surface area (TPSA) is 97.1 Å². The van der Waals surface area contributed by atoms with Crippen molar-refractivity contribution in [3.8, 4) is 11.5 Å². The molecule has 0 bridgehead atoms. The second-order valence-electron chi connectivity index (χ2n) is 4.85. The van der Waals surface area contributed by atoms with Crippen molar-refractivity contribution in [1.29, 1.82) is 0 Å². The van der Waals surface area contributed by atoms with Crippen molar-refractivity contribution < 1.29 is 14.0 Å². The van der Waals surface area contributed by atoms with Crippen LogP contribution in [0.1, 0.15) is 18.7 Å². The lowest BCUT2D eigenvalue weighted by Crippen LogP contribution is -2.37. The van der Waals surface area contributed by atoms with Gasteiger partial charge in [-0.15, -0.1) is 10.2 Å². The second-order valence-corrected chi connectivity index (χ2v) is 4.85. The summed E-state index contributed by atoms with van der Waals surface area (Å²) in [6, 6.07) is 6.63. The second kappa shape index (κ2) is 5.35. The molecule has 1 aliphatic rings. The van der Waals surface area contributed by atoms with E-state index in [2.05, 4.69) is 20.8 Å². The molecule has 1 unspecified atom stereocenters. The van der Waals surface area contributed by atoms with Crippen molar-refractivity contribution in [2.24, 2.45) is 0 Å². The summed E-state index contributed by atoms with van der Waals surface area (Å²) in [6.07, 6.45) is 0.928. The van der Waals surface area contributed by atoms with Gasteiger partial charge in [0, 0.05) is 24.6 Å². The van der Waals surface area contributed by atoms with Crippen LogP contribution in [0.4, 0.5) is 5.69 Å². The van der Waals surface area contributed by atoms with Crippen LogP contribution in [0.2, 0.25) is 0 Å². The lowest BCUT2D eigenvalue weighted by atomic mass is 10.2. The molecule has 1 fully saturated rings. The maximum atomic E-state index is 12.0. The minimum Gasteiger partial charge on any atom is -0.421 e. The van der Waals surface area contributed by atoms with Crippen LogP contribution in [0.3, 0.4) is 0 Å². The summed E-state index contributed by atoms with van der Waals surface area (Å²) in [4.78, 5) is 23.1. The van der Waals surface area contributed by atoms with Gasteiger partial charge in [-0.1, -0.05) is 0 Å². The van der Waals surface area contributed by atoms with Crippen molar-refractivity contribution in [2.75, 3.05) is 5.32 Å². The van der Waals surface area contributed by atoms with E-state index < -0.39 is 6.04 Å². The van der Waals surface area contributed by atoms with E-state index in [1.807, 2.05) is 0 Å². The summed E-state index contributed by atoms with van der Waals surface area (Å²) in [5, 5.41) is 13.1. The van der Waals surface area contributed by atoms with Crippen molar-refractivity contribution in [3.05, 3.63) is 30.2 Å². The third-order valence-corrected chi connectivity index (χ3v) is 3.24. The number of carbonyl (C=O) groups excluding carboxylic acids is 2. The number of benzene rings is 1. The van der Waals surface area contributed by atoms with E-state index in [0.29, 0.717) is 30.3 Å². The molecule has 108 valence electrons. The Morgan fingerprint density at radius 3 is 2.67 bits per heavy atom. The van der Waals surface area contributed by atoms with Crippen molar-refractivity contribution in [3.63, 3.8) is 0 Å². The lowest BCUT2D eigenvalue weighted by Gasteiger charge is -2.10. The largest absolute Gasteiger partial charge is 0.421 e. The van der Waals surface area contributed by atoms with Crippen molar-refractivity contribution >= 4 is 17.5 Å². The normalized spacial score (nSPS) is 17.6. The Balaban J connectivity index is 1.67. The number of hydrogen-bond donors (Lipinski definition) is 2. The zero-order valence-electron chi connectivity index (χ0n) is 11.4. The smallest absolute Gasteiger partial charge is 0.247 e. The summed E-state index contributed by atoms with van der Waals surface area (Å²) in [5.41, 5.74) is 1.43. The van der Waals surface area contributed by atoms with Gasteiger partial charge in [-0.05, 0) is 30.7 Å². The highest BCUT2D eigenvalue weighted by atomic mass is 16.4. The molecule has 2 heterocycles. The van der Waals surface area contributed by atoms with Gasteiger partial charge in [0.05, 0.1) is 0 Å². The summed E-state index contributed by atoms with van der Waals surface area (Å²) in [5.74, 6) is 0.646. The van der Waals surface area contributed by atoms with E-state index in [9.17, 15) is 9.59 Å². The Morgan fingerprint density at radius 1 is 1.33 bits per heavy atom. The Hall–Kier alpha value is -2.70. The van der Waals surface area contributed by atoms with E-state index in [-0.39, 0.29) is 11.8 Å². The SMILES string of the molecule is Cc1nnc(-c2ccc(NC(=O)C3CCC(=O)N3)cc2)o1. The summed E-state index contributed by atoms with van der Waals surface area (Å²) in [7, 11) is 0. The van der Waals surface area contributed by atoms with Crippen LogP contribution in [0, 0.1) is 6.92 Å². The zero-order chi connectivity index (χ0) is 14.8. The number of aromatic nitrogens is 2. The molecule has 2 aromatic rings. The van der Waals surface area contributed by atoms with Crippen LogP contribution in [-0.4, -0.2) is 28.1 Å². The Morgan fingerprint density at radius 2 is 2.10 bits per heavy atom. The maximum Gasteiger partial charge on any atom is 0.247 e. The highest BCUT2D eigenvalue weighted by Gasteiger charge is 2.27. The zero-order valence-corrected chi connectivity index (χ0v) is 11.4. The summed E-state index contributed by atoms with van der Waals surface area (Å²) >= 11 is 0. The van der Waals surface area contributed by atoms with Gasteiger partial charge in [0.2, 0.25) is 23.6 Å². The molecule has 1 aromatic carbocycles. The van der Waals surface area contributed by atoms with Gasteiger partial charge >= 0.3 is 0 Å². The van der Waals surface area contributed by atoms with Gasteiger partial charge in [0.25, 0.3) is 0 Å². The molecule has 0 saturated carbocycles. The third-order valence-electron chi connectivity index (χ3n) is 3.24. The van der Waals surface area contributed by atoms with Crippen LogP contribution in [0.5, 0.6) is 0 Å². The first kappa shape index (κ1) is 13.3. The Kier molecular flexibility index (Phi) is 3.39. The van der Waals surface area contributed by atoms with Crippen LogP contribution < -0.4 is 10.6 Å². The summed E-state index contributed by atoms with van der Waals surface area (Å²) in [6.45, 7) is 1.72. The third kappa shape index (κ3) is 2.91. The summed E-state index contributed by atoms with van der Waals surface area (Å²) < 4.78 is 5.33. The molecule has 1 aliphatic heterocycles. The number of hydrogen-bond acceptors (Lipinski definition) is 5. The predicted molar refractivity (Wildman–Crippen MR) is 74.3 cm³/mol. The molecule has 1 saturated heterocycles. The molecule has 7 heteroatoms. The first-order valence-corrected chi connectivity index (χ1v) is 6.62. The fourth-order valence-electron chi connectivity index (χ4n) is 2.15. The van der Waals surface area contributed by atoms with Crippen LogP contribution >= 0.6 is 0 Å². The fourth-order valence-corrected chi connectivity index (χ4v) is 2.15. The van der Waals surface area contributed by atoms with E-state index in [1.165, 1.54) is 0 Å². The van der Waals surface area contributed by atoms with Crippen LogP contribution in [-0.2, 0) is 9.59 Å². The number of nitrogens with one attached hydrogen (secondary N) is 2. The average Bonchev–Trinajstić information content (AvgIpc) is 3.08. The lowest BCUT2D eigenvalue weighted by molar-refractivity contribution is -0.122. The number of carbonyl (C=O) groups is 2. The minimum atomic E-state index is -0.448. The van der Waals surface area contributed by atoms with E-state index in [0.717, 1.165) is 5.56 Å². The number of anilines is 1. The molecule has 2 N–H and O–H groups in total. The van der Waals surface area contributed by atoms with Gasteiger partial charge in [-0.3, -0.25) is 9.59 Å². The molecule has 1 atom stereocenters. The quantitative estimate of drug-likeness (QED) is 0.885. The minimum absolute atomic E-state index is 0.0859. The molecule has 3 rings (SSSR count). The van der Waals surface area contributed by atoms with Crippen LogP contribution in [0.15, 0.2) is 28.7 Å². The molecular formula is C14H14N4O3. The highest BCUT2D eigenvalue weighted by molar-refractivity contribution is 5.99. The van der Waals surface area contributed by atoms with E-state index >= 15 is 0 Å². The average molecular weight is 286 g/mol. The Bertz CT molecular complexity index is 678. The number of rotatable bonds is 3.